The number of rotatable bonds is 5. The normalized spacial score (nSPS) is 11.2. The van der Waals surface area contributed by atoms with Crippen molar-refractivity contribution in [2.45, 2.75) is 46.6 Å². The molecule has 0 saturated heterocycles. The van der Waals surface area contributed by atoms with Crippen LogP contribution in [0.15, 0.2) is 24.3 Å². The van der Waals surface area contributed by atoms with E-state index in [1.54, 1.807) is 0 Å². The van der Waals surface area contributed by atoms with Crippen molar-refractivity contribution in [1.82, 2.24) is 0 Å². The molecule has 1 rings (SSSR count). The fourth-order valence-corrected chi connectivity index (χ4v) is 1.65. The molecule has 0 saturated carbocycles. The second-order valence-corrected chi connectivity index (χ2v) is 5.30. The van der Waals surface area contributed by atoms with Crippen molar-refractivity contribution in [2.24, 2.45) is 5.92 Å². The average molecular weight is 219 g/mol. The molecule has 0 aliphatic carbocycles. The molecular formula is C15H25N. The maximum absolute atomic E-state index is 2.30. The molecule has 0 amide bonds. The van der Waals surface area contributed by atoms with Gasteiger partial charge in [0, 0.05) is 18.8 Å². The molecule has 0 N–H and O–H groups in total. The van der Waals surface area contributed by atoms with Crippen molar-refractivity contribution >= 4 is 5.69 Å². The minimum absolute atomic E-state index is 0.557. The fraction of sp³-hybridized carbons (Fsp3) is 0.600. The van der Waals surface area contributed by atoms with Gasteiger partial charge in [-0.2, -0.15) is 0 Å². The minimum atomic E-state index is 0.557. The maximum atomic E-state index is 2.30. The number of benzene rings is 1. The van der Waals surface area contributed by atoms with E-state index < -0.39 is 0 Å². The molecule has 0 aliphatic rings. The van der Waals surface area contributed by atoms with Gasteiger partial charge in [-0.3, -0.25) is 0 Å². The summed E-state index contributed by atoms with van der Waals surface area (Å²) in [5, 5.41) is 0. The highest BCUT2D eigenvalue weighted by Gasteiger charge is 2.04. The zero-order valence-corrected chi connectivity index (χ0v) is 11.3. The van der Waals surface area contributed by atoms with Crippen LogP contribution in [0.25, 0.3) is 0 Å². The van der Waals surface area contributed by atoms with Crippen LogP contribution in [0.2, 0.25) is 0 Å². The van der Waals surface area contributed by atoms with E-state index in [0.717, 1.165) is 5.92 Å². The molecule has 0 aliphatic heterocycles. The average Bonchev–Trinajstić information content (AvgIpc) is 2.26. The van der Waals surface area contributed by atoms with Crippen LogP contribution in [-0.4, -0.2) is 13.1 Å². The molecule has 0 heterocycles. The largest absolute Gasteiger partial charge is 0.372 e. The molecule has 0 unspecified atom stereocenters. The summed E-state index contributed by atoms with van der Waals surface area (Å²) in [6.07, 6.45) is 2.47. The van der Waals surface area contributed by atoms with Crippen LogP contribution >= 0.6 is 0 Å². The monoisotopic (exact) mass is 219 g/mol. The van der Waals surface area contributed by atoms with Gasteiger partial charge in [0.2, 0.25) is 0 Å². The maximum Gasteiger partial charge on any atom is 0.0366 e. The predicted molar refractivity (Wildman–Crippen MR) is 73.1 cm³/mol. The Labute approximate surface area is 100 Å². The lowest BCUT2D eigenvalue weighted by Crippen LogP contribution is -2.25. The topological polar surface area (TPSA) is 3.24 Å². The minimum Gasteiger partial charge on any atom is -0.372 e. The summed E-state index contributed by atoms with van der Waals surface area (Å²) in [6.45, 7) is 8.99. The molecule has 0 bridgehead atoms. The van der Waals surface area contributed by atoms with Gasteiger partial charge in [0.1, 0.15) is 0 Å². The van der Waals surface area contributed by atoms with E-state index in [2.05, 4.69) is 63.9 Å². The zero-order chi connectivity index (χ0) is 12.1. The van der Waals surface area contributed by atoms with Crippen LogP contribution in [-0.2, 0) is 6.42 Å². The first-order chi connectivity index (χ1) is 7.50. The Morgan fingerprint density at radius 2 is 1.56 bits per heavy atom. The first kappa shape index (κ1) is 13.1. The van der Waals surface area contributed by atoms with E-state index >= 15 is 0 Å². The quantitative estimate of drug-likeness (QED) is 0.720. The second kappa shape index (κ2) is 5.93. The van der Waals surface area contributed by atoms with Crippen molar-refractivity contribution in [1.29, 1.82) is 0 Å². The molecule has 90 valence electrons. The SMILES string of the molecule is CC(C)CCc1ccc(N(C)C(C)C)cc1. The highest BCUT2D eigenvalue weighted by atomic mass is 15.1. The Morgan fingerprint density at radius 3 is 2.00 bits per heavy atom. The first-order valence-corrected chi connectivity index (χ1v) is 6.32. The highest BCUT2D eigenvalue weighted by molar-refractivity contribution is 5.47. The predicted octanol–water partition coefficient (Wildman–Crippen LogP) is 4.12. The molecule has 0 spiro atoms. The van der Waals surface area contributed by atoms with Crippen LogP contribution < -0.4 is 4.90 Å². The van der Waals surface area contributed by atoms with Crippen LogP contribution in [0.1, 0.15) is 39.7 Å². The molecule has 0 fully saturated rings. The summed E-state index contributed by atoms with van der Waals surface area (Å²) in [5.41, 5.74) is 2.76. The molecular weight excluding hydrogens is 194 g/mol. The van der Waals surface area contributed by atoms with Gasteiger partial charge in [0.05, 0.1) is 0 Å². The zero-order valence-electron chi connectivity index (χ0n) is 11.3. The summed E-state index contributed by atoms with van der Waals surface area (Å²) >= 11 is 0. The van der Waals surface area contributed by atoms with Crippen molar-refractivity contribution < 1.29 is 0 Å². The van der Waals surface area contributed by atoms with E-state index in [1.807, 2.05) is 0 Å². The lowest BCUT2D eigenvalue weighted by Gasteiger charge is -2.23. The van der Waals surface area contributed by atoms with Crippen molar-refractivity contribution in [3.05, 3.63) is 29.8 Å². The Balaban J connectivity index is 2.61. The first-order valence-electron chi connectivity index (χ1n) is 6.32. The third kappa shape index (κ3) is 3.88. The number of anilines is 1. The lowest BCUT2D eigenvalue weighted by atomic mass is 10.0. The van der Waals surface area contributed by atoms with E-state index in [-0.39, 0.29) is 0 Å². The van der Waals surface area contributed by atoms with Gasteiger partial charge < -0.3 is 4.90 Å². The van der Waals surface area contributed by atoms with Crippen LogP contribution in [0.3, 0.4) is 0 Å². The summed E-state index contributed by atoms with van der Waals surface area (Å²) in [4.78, 5) is 2.30. The van der Waals surface area contributed by atoms with Crippen molar-refractivity contribution in [3.8, 4) is 0 Å². The summed E-state index contributed by atoms with van der Waals surface area (Å²) in [7, 11) is 2.15. The molecule has 0 radical (unpaired) electrons. The van der Waals surface area contributed by atoms with Gasteiger partial charge in [-0.1, -0.05) is 26.0 Å². The van der Waals surface area contributed by atoms with E-state index in [9.17, 15) is 0 Å². The number of aryl methyl sites for hydroxylation is 1. The molecule has 16 heavy (non-hydrogen) atoms. The number of hydrogen-bond acceptors (Lipinski definition) is 1. The Bertz CT molecular complexity index is 298. The molecule has 0 atom stereocenters. The van der Waals surface area contributed by atoms with Gasteiger partial charge >= 0.3 is 0 Å². The van der Waals surface area contributed by atoms with E-state index in [1.165, 1.54) is 24.1 Å². The molecule has 1 aromatic rings. The van der Waals surface area contributed by atoms with Gasteiger partial charge in [-0.15, -0.1) is 0 Å². The van der Waals surface area contributed by atoms with Gasteiger partial charge in [-0.05, 0) is 50.3 Å². The van der Waals surface area contributed by atoms with Gasteiger partial charge in [0.25, 0.3) is 0 Å². The van der Waals surface area contributed by atoms with E-state index in [0.29, 0.717) is 6.04 Å². The summed E-state index contributed by atoms with van der Waals surface area (Å²) < 4.78 is 0. The molecule has 1 nitrogen and oxygen atoms in total. The van der Waals surface area contributed by atoms with Crippen molar-refractivity contribution in [2.75, 3.05) is 11.9 Å². The van der Waals surface area contributed by atoms with Crippen LogP contribution in [0.4, 0.5) is 5.69 Å². The van der Waals surface area contributed by atoms with Crippen LogP contribution in [0.5, 0.6) is 0 Å². The molecule has 0 aromatic heterocycles. The number of nitrogens with zero attached hydrogens (tertiary/aromatic N) is 1. The molecule has 1 aromatic carbocycles. The lowest BCUT2D eigenvalue weighted by molar-refractivity contribution is 0.586. The Kier molecular flexibility index (Phi) is 4.85. The highest BCUT2D eigenvalue weighted by Crippen LogP contribution is 2.17. The smallest absolute Gasteiger partial charge is 0.0366 e. The summed E-state index contributed by atoms with van der Waals surface area (Å²) in [6, 6.07) is 9.54. The van der Waals surface area contributed by atoms with Crippen LogP contribution in [0, 0.1) is 5.92 Å². The number of hydrogen-bond donors (Lipinski definition) is 0. The fourth-order valence-electron chi connectivity index (χ4n) is 1.65. The van der Waals surface area contributed by atoms with Gasteiger partial charge in [0.15, 0.2) is 0 Å². The van der Waals surface area contributed by atoms with E-state index in [4.69, 9.17) is 0 Å². The Morgan fingerprint density at radius 1 is 1.00 bits per heavy atom. The van der Waals surface area contributed by atoms with Crippen molar-refractivity contribution in [3.63, 3.8) is 0 Å². The van der Waals surface area contributed by atoms with Gasteiger partial charge in [-0.25, -0.2) is 0 Å². The third-order valence-corrected chi connectivity index (χ3v) is 3.13. The second-order valence-electron chi connectivity index (χ2n) is 5.30. The third-order valence-electron chi connectivity index (χ3n) is 3.13. The molecule has 1 heteroatoms. The standard InChI is InChI=1S/C15H25N/c1-12(2)6-7-14-8-10-15(11-9-14)16(5)13(3)4/h8-13H,6-7H2,1-5H3. The summed E-state index contributed by atoms with van der Waals surface area (Å²) in [5.74, 6) is 0.790. The Hall–Kier alpha value is -0.980.